The zero-order chi connectivity index (χ0) is 21.4. The molecule has 2 aliphatic heterocycles. The molecule has 1 atom stereocenters. The summed E-state index contributed by atoms with van der Waals surface area (Å²) in [6.45, 7) is 1.62. The highest BCUT2D eigenvalue weighted by atomic mass is 16.5. The van der Waals surface area contributed by atoms with Gasteiger partial charge in [-0.25, -0.2) is 4.68 Å². The van der Waals surface area contributed by atoms with Crippen LogP contribution in [-0.2, 0) is 11.3 Å². The molecule has 3 heterocycles. The lowest BCUT2D eigenvalue weighted by atomic mass is 10.0. The predicted molar refractivity (Wildman–Crippen MR) is 115 cm³/mol. The first-order valence-electron chi connectivity index (χ1n) is 10.5. The second-order valence-corrected chi connectivity index (χ2v) is 7.88. The number of likely N-dealkylation sites (tertiary alicyclic amines) is 1. The monoisotopic (exact) mass is 421 g/mol. The van der Waals surface area contributed by atoms with Gasteiger partial charge in [0.15, 0.2) is 11.5 Å². The van der Waals surface area contributed by atoms with Crippen molar-refractivity contribution < 1.29 is 14.3 Å². The van der Waals surface area contributed by atoms with Crippen LogP contribution in [-0.4, -0.2) is 40.3 Å². The predicted octanol–water partition coefficient (Wildman–Crippen LogP) is 2.21. The topological polar surface area (TPSA) is 93.6 Å². The maximum atomic E-state index is 13.1. The number of H-pyrrole nitrogens is 1. The number of nitrogens with zero attached hydrogens (tertiary/aromatic N) is 2. The van der Waals surface area contributed by atoms with E-state index in [1.54, 1.807) is 29.2 Å². The van der Waals surface area contributed by atoms with E-state index in [2.05, 4.69) is 5.10 Å². The van der Waals surface area contributed by atoms with Crippen LogP contribution in [0.1, 0.15) is 30.9 Å². The highest BCUT2D eigenvalue weighted by Crippen LogP contribution is 2.38. The smallest absolute Gasteiger partial charge is 0.273 e. The van der Waals surface area contributed by atoms with E-state index in [0.717, 1.165) is 35.3 Å². The fourth-order valence-electron chi connectivity index (χ4n) is 4.38. The number of carbonyl (C=O) groups excluding carboxylic acids is 1. The fourth-order valence-corrected chi connectivity index (χ4v) is 4.38. The number of carbonyl (C=O) groups is 1. The van der Waals surface area contributed by atoms with Crippen molar-refractivity contribution in [2.75, 3.05) is 19.8 Å². The quantitative estimate of drug-likeness (QED) is 0.700. The standard InChI is InChI=1S/C23H23N3O5/c27-21(14-26-23(29)17-6-2-1-5-16(17)22(28)24-26)25-10-3-7-18(25)15-8-9-19-20(13-15)31-12-4-11-30-19/h1-2,5-6,8-9,13,18H,3-4,7,10-12,14H2,(H,24,28)/t18-/m0/s1. The third-order valence-electron chi connectivity index (χ3n) is 5.91. The molecule has 1 N–H and O–H groups in total. The molecule has 0 saturated carbocycles. The van der Waals surface area contributed by atoms with Gasteiger partial charge in [0.1, 0.15) is 6.54 Å². The number of rotatable bonds is 3. The molecule has 1 saturated heterocycles. The first-order chi connectivity index (χ1) is 15.1. The van der Waals surface area contributed by atoms with E-state index in [1.165, 1.54) is 0 Å². The Morgan fingerprint density at radius 3 is 2.61 bits per heavy atom. The van der Waals surface area contributed by atoms with Crippen LogP contribution in [0.15, 0.2) is 52.1 Å². The molecule has 0 spiro atoms. The molecule has 0 unspecified atom stereocenters. The van der Waals surface area contributed by atoms with E-state index >= 15 is 0 Å². The maximum Gasteiger partial charge on any atom is 0.273 e. The Hall–Kier alpha value is -3.55. The summed E-state index contributed by atoms with van der Waals surface area (Å²) in [5.41, 5.74) is 0.216. The van der Waals surface area contributed by atoms with Gasteiger partial charge in [-0.2, -0.15) is 0 Å². The summed E-state index contributed by atoms with van der Waals surface area (Å²) >= 11 is 0. The average molecular weight is 421 g/mol. The van der Waals surface area contributed by atoms with Crippen LogP contribution >= 0.6 is 0 Å². The molecule has 2 aromatic carbocycles. The summed E-state index contributed by atoms with van der Waals surface area (Å²) < 4.78 is 12.6. The molecule has 0 radical (unpaired) electrons. The van der Waals surface area contributed by atoms with Gasteiger partial charge in [-0.3, -0.25) is 19.5 Å². The van der Waals surface area contributed by atoms with Crippen molar-refractivity contribution in [3.8, 4) is 11.5 Å². The lowest BCUT2D eigenvalue weighted by Crippen LogP contribution is -2.39. The molecule has 0 aliphatic carbocycles. The van der Waals surface area contributed by atoms with Gasteiger partial charge in [0.05, 0.1) is 30.0 Å². The molecule has 0 bridgehead atoms. The Balaban J connectivity index is 1.42. The van der Waals surface area contributed by atoms with Gasteiger partial charge in [0, 0.05) is 13.0 Å². The summed E-state index contributed by atoms with van der Waals surface area (Å²) in [4.78, 5) is 40.0. The SMILES string of the molecule is O=C(Cn1[nH]c(=O)c2ccccc2c1=O)N1CCC[C@H]1c1ccc2c(c1)OCCCO2. The molecule has 3 aromatic rings. The van der Waals surface area contributed by atoms with Crippen molar-refractivity contribution in [2.24, 2.45) is 0 Å². The van der Waals surface area contributed by atoms with E-state index in [4.69, 9.17) is 9.47 Å². The number of fused-ring (bicyclic) bond motifs is 2. The summed E-state index contributed by atoms with van der Waals surface area (Å²) in [5, 5.41) is 3.17. The number of ether oxygens (including phenoxy) is 2. The fraction of sp³-hybridized carbons (Fsp3) is 0.348. The molecule has 160 valence electrons. The Labute approximate surface area is 178 Å². The zero-order valence-electron chi connectivity index (χ0n) is 17.0. The Morgan fingerprint density at radius 1 is 1.00 bits per heavy atom. The lowest BCUT2D eigenvalue weighted by Gasteiger charge is -2.26. The molecule has 8 heteroatoms. The van der Waals surface area contributed by atoms with E-state index in [9.17, 15) is 14.4 Å². The first-order valence-corrected chi connectivity index (χ1v) is 10.5. The number of hydrogen-bond acceptors (Lipinski definition) is 5. The number of aromatic nitrogens is 2. The number of nitrogens with one attached hydrogen (secondary N) is 1. The summed E-state index contributed by atoms with van der Waals surface area (Å²) in [5.74, 6) is 1.21. The third-order valence-corrected chi connectivity index (χ3v) is 5.91. The average Bonchev–Trinajstić information content (AvgIpc) is 3.16. The van der Waals surface area contributed by atoms with Gasteiger partial charge in [0.25, 0.3) is 11.1 Å². The van der Waals surface area contributed by atoms with Crippen molar-refractivity contribution in [1.82, 2.24) is 14.7 Å². The molecular weight excluding hydrogens is 398 g/mol. The molecule has 1 fully saturated rings. The highest BCUT2D eigenvalue weighted by molar-refractivity contribution is 5.81. The van der Waals surface area contributed by atoms with Crippen LogP contribution in [0.4, 0.5) is 0 Å². The number of hydrogen-bond donors (Lipinski definition) is 1. The highest BCUT2D eigenvalue weighted by Gasteiger charge is 2.31. The molecule has 1 aromatic heterocycles. The van der Waals surface area contributed by atoms with Gasteiger partial charge in [-0.05, 0) is 42.7 Å². The van der Waals surface area contributed by atoms with E-state index < -0.39 is 0 Å². The first kappa shape index (κ1) is 19.4. The minimum Gasteiger partial charge on any atom is -0.490 e. The molecule has 2 aliphatic rings. The zero-order valence-corrected chi connectivity index (χ0v) is 17.0. The van der Waals surface area contributed by atoms with Crippen LogP contribution in [0.25, 0.3) is 10.8 Å². The van der Waals surface area contributed by atoms with E-state index in [1.807, 2.05) is 18.2 Å². The third kappa shape index (κ3) is 3.58. The van der Waals surface area contributed by atoms with Crippen molar-refractivity contribution >= 4 is 16.7 Å². The van der Waals surface area contributed by atoms with Crippen molar-refractivity contribution in [1.29, 1.82) is 0 Å². The van der Waals surface area contributed by atoms with Crippen LogP contribution in [0, 0.1) is 0 Å². The maximum absolute atomic E-state index is 13.1. The normalized spacial score (nSPS) is 18.2. The summed E-state index contributed by atoms with van der Waals surface area (Å²) in [6, 6.07) is 12.3. The molecule has 1 amide bonds. The van der Waals surface area contributed by atoms with Crippen molar-refractivity contribution in [2.45, 2.75) is 31.8 Å². The van der Waals surface area contributed by atoms with Gasteiger partial charge in [-0.15, -0.1) is 0 Å². The largest absolute Gasteiger partial charge is 0.490 e. The van der Waals surface area contributed by atoms with Gasteiger partial charge < -0.3 is 14.4 Å². The summed E-state index contributed by atoms with van der Waals surface area (Å²) in [6.07, 6.45) is 2.53. The minimum absolute atomic E-state index is 0.104. The van der Waals surface area contributed by atoms with Crippen LogP contribution in [0.3, 0.4) is 0 Å². The second-order valence-electron chi connectivity index (χ2n) is 7.88. The molecule has 8 nitrogen and oxygen atoms in total. The molecule has 31 heavy (non-hydrogen) atoms. The Morgan fingerprint density at radius 2 is 1.77 bits per heavy atom. The number of amides is 1. The van der Waals surface area contributed by atoms with E-state index in [-0.39, 0.29) is 29.6 Å². The number of benzene rings is 2. The van der Waals surface area contributed by atoms with Crippen molar-refractivity contribution in [3.05, 3.63) is 68.7 Å². The van der Waals surface area contributed by atoms with Gasteiger partial charge in [0.2, 0.25) is 5.91 Å². The molecular formula is C23H23N3O5. The Bertz CT molecular complexity index is 1260. The number of aromatic amines is 1. The summed E-state index contributed by atoms with van der Waals surface area (Å²) in [7, 11) is 0. The van der Waals surface area contributed by atoms with E-state index in [0.29, 0.717) is 36.3 Å². The lowest BCUT2D eigenvalue weighted by molar-refractivity contribution is -0.133. The van der Waals surface area contributed by atoms with Gasteiger partial charge in [-0.1, -0.05) is 18.2 Å². The Kier molecular flexibility index (Phi) is 4.97. The van der Waals surface area contributed by atoms with Crippen LogP contribution < -0.4 is 20.6 Å². The van der Waals surface area contributed by atoms with Crippen molar-refractivity contribution in [3.63, 3.8) is 0 Å². The van der Waals surface area contributed by atoms with Crippen LogP contribution in [0.5, 0.6) is 11.5 Å². The van der Waals surface area contributed by atoms with Gasteiger partial charge >= 0.3 is 0 Å². The second kappa shape index (κ2) is 7.94. The molecule has 5 rings (SSSR count). The minimum atomic E-state index is -0.385. The van der Waals surface area contributed by atoms with Crippen LogP contribution in [0.2, 0.25) is 0 Å².